The molecule has 1 aromatic rings. The number of piperidine rings is 1. The lowest BCUT2D eigenvalue weighted by molar-refractivity contribution is -0.202. The topological polar surface area (TPSA) is 133 Å². The van der Waals surface area contributed by atoms with E-state index >= 15 is 0 Å². The first-order valence-electron chi connectivity index (χ1n) is 10.6. The Kier molecular flexibility index (Phi) is 6.32. The molecule has 0 aromatic heterocycles. The molecule has 3 heterocycles. The number of benzene rings is 1. The van der Waals surface area contributed by atoms with Gasteiger partial charge in [0.05, 0.1) is 17.7 Å². The number of hydrogen-bond acceptors (Lipinski definition) is 9. The fraction of sp³-hybridized carbons (Fsp3) is 0.429. The molecular formula is C21H19F3N4O7. The quantitative estimate of drug-likeness (QED) is 0.343. The number of halogens is 3. The first-order chi connectivity index (χ1) is 16.5. The number of imide groups is 2. The molecule has 4 amide bonds. The molecule has 2 fully saturated rings. The van der Waals surface area contributed by atoms with Crippen LogP contribution in [0.3, 0.4) is 0 Å². The maximum absolute atomic E-state index is 13.0. The SMILES string of the molecule is O=C1CCC(N2C(=O)c3ccc(N4CCN(CC(=O)OC(=O)C(F)(F)F)CC4)cc3C2=O)C(=O)N1. The van der Waals surface area contributed by atoms with Crippen LogP contribution in [0.25, 0.3) is 0 Å². The van der Waals surface area contributed by atoms with Gasteiger partial charge >= 0.3 is 18.1 Å². The Morgan fingerprint density at radius 3 is 2.29 bits per heavy atom. The monoisotopic (exact) mass is 496 g/mol. The van der Waals surface area contributed by atoms with Crippen LogP contribution >= 0.6 is 0 Å². The van der Waals surface area contributed by atoms with Gasteiger partial charge in [0, 0.05) is 38.3 Å². The molecule has 1 unspecified atom stereocenters. The average molecular weight is 496 g/mol. The Balaban J connectivity index is 1.38. The molecule has 0 bridgehead atoms. The van der Waals surface area contributed by atoms with Crippen molar-refractivity contribution in [1.29, 1.82) is 0 Å². The first kappa shape index (κ1) is 24.3. The van der Waals surface area contributed by atoms with Crippen LogP contribution in [0.15, 0.2) is 18.2 Å². The lowest BCUT2D eigenvalue weighted by Gasteiger charge is -2.35. The molecule has 3 aliphatic rings. The van der Waals surface area contributed by atoms with E-state index in [1.807, 2.05) is 4.90 Å². The molecule has 186 valence electrons. The van der Waals surface area contributed by atoms with Gasteiger partial charge in [-0.25, -0.2) is 4.79 Å². The second kappa shape index (κ2) is 9.09. The van der Waals surface area contributed by atoms with Crippen molar-refractivity contribution in [2.24, 2.45) is 0 Å². The summed E-state index contributed by atoms with van der Waals surface area (Å²) in [6, 6.07) is 3.55. The lowest BCUT2D eigenvalue weighted by Crippen LogP contribution is -2.54. The summed E-state index contributed by atoms with van der Waals surface area (Å²) >= 11 is 0. The summed E-state index contributed by atoms with van der Waals surface area (Å²) < 4.78 is 40.4. The number of ether oxygens (including phenoxy) is 1. The van der Waals surface area contributed by atoms with Gasteiger partial charge in [-0.15, -0.1) is 0 Å². The minimum Gasteiger partial charge on any atom is -0.385 e. The van der Waals surface area contributed by atoms with E-state index in [4.69, 9.17) is 0 Å². The van der Waals surface area contributed by atoms with Gasteiger partial charge in [0.15, 0.2) is 0 Å². The van der Waals surface area contributed by atoms with Crippen molar-refractivity contribution >= 4 is 41.3 Å². The van der Waals surface area contributed by atoms with Crippen LogP contribution in [0.5, 0.6) is 0 Å². The van der Waals surface area contributed by atoms with Crippen LogP contribution in [0.2, 0.25) is 0 Å². The minimum atomic E-state index is -5.26. The summed E-state index contributed by atoms with van der Waals surface area (Å²) in [7, 11) is 0. The Hall–Kier alpha value is -3.81. The van der Waals surface area contributed by atoms with E-state index < -0.39 is 54.3 Å². The molecule has 0 radical (unpaired) electrons. The number of alkyl halides is 3. The van der Waals surface area contributed by atoms with Crippen molar-refractivity contribution in [3.05, 3.63) is 29.3 Å². The van der Waals surface area contributed by atoms with Crippen molar-refractivity contribution in [1.82, 2.24) is 15.1 Å². The van der Waals surface area contributed by atoms with Gasteiger partial charge in [-0.05, 0) is 24.6 Å². The summed E-state index contributed by atoms with van der Waals surface area (Å²) in [5, 5.41) is 2.13. The summed E-state index contributed by atoms with van der Waals surface area (Å²) in [4.78, 5) is 75.9. The first-order valence-corrected chi connectivity index (χ1v) is 10.6. The zero-order valence-corrected chi connectivity index (χ0v) is 18.1. The van der Waals surface area contributed by atoms with Crippen LogP contribution in [-0.4, -0.2) is 90.3 Å². The number of esters is 2. The molecule has 0 spiro atoms. The Labute approximate surface area is 195 Å². The van der Waals surface area contributed by atoms with Crippen molar-refractivity contribution in [3.8, 4) is 0 Å². The van der Waals surface area contributed by atoms with Crippen molar-refractivity contribution in [3.63, 3.8) is 0 Å². The highest BCUT2D eigenvalue weighted by Gasteiger charge is 2.45. The number of fused-ring (bicyclic) bond motifs is 1. The Morgan fingerprint density at radius 1 is 1.00 bits per heavy atom. The average Bonchev–Trinajstić information content (AvgIpc) is 3.03. The maximum Gasteiger partial charge on any atom is 0.491 e. The highest BCUT2D eigenvalue weighted by atomic mass is 19.4. The third kappa shape index (κ3) is 4.87. The lowest BCUT2D eigenvalue weighted by atomic mass is 10.0. The van der Waals surface area contributed by atoms with Crippen LogP contribution in [-0.2, 0) is 23.9 Å². The van der Waals surface area contributed by atoms with Gasteiger partial charge in [0.2, 0.25) is 11.8 Å². The zero-order valence-electron chi connectivity index (χ0n) is 18.1. The third-order valence-corrected chi connectivity index (χ3v) is 5.95. The molecule has 1 aromatic carbocycles. The Morgan fingerprint density at radius 2 is 1.66 bits per heavy atom. The van der Waals surface area contributed by atoms with Gasteiger partial charge in [0.25, 0.3) is 11.8 Å². The number of rotatable bonds is 4. The molecule has 0 aliphatic carbocycles. The second-order valence-corrected chi connectivity index (χ2v) is 8.20. The van der Waals surface area contributed by atoms with Crippen molar-refractivity contribution in [2.75, 3.05) is 37.6 Å². The predicted molar refractivity (Wildman–Crippen MR) is 109 cm³/mol. The Bertz CT molecular complexity index is 1130. The number of carbonyl (C=O) groups excluding carboxylic acids is 6. The van der Waals surface area contributed by atoms with Crippen LogP contribution < -0.4 is 10.2 Å². The van der Waals surface area contributed by atoms with E-state index in [0.717, 1.165) is 4.90 Å². The van der Waals surface area contributed by atoms with E-state index in [-0.39, 0.29) is 37.1 Å². The van der Waals surface area contributed by atoms with E-state index in [9.17, 15) is 41.9 Å². The number of anilines is 1. The molecule has 4 rings (SSSR count). The largest absolute Gasteiger partial charge is 0.491 e. The van der Waals surface area contributed by atoms with Crippen molar-refractivity contribution in [2.45, 2.75) is 25.1 Å². The summed E-state index contributed by atoms with van der Waals surface area (Å²) in [5.41, 5.74) is 0.859. The number of carbonyl (C=O) groups is 6. The van der Waals surface area contributed by atoms with Crippen LogP contribution in [0.4, 0.5) is 18.9 Å². The van der Waals surface area contributed by atoms with Crippen molar-refractivity contribution < 1.29 is 46.7 Å². The third-order valence-electron chi connectivity index (χ3n) is 5.95. The number of nitrogens with zero attached hydrogens (tertiary/aromatic N) is 3. The summed E-state index contributed by atoms with van der Waals surface area (Å²) in [6.45, 7) is 0.730. The standard InChI is InChI=1S/C21H19F3N4O7/c22-21(23,24)20(34)35-16(30)10-26-5-7-27(8-6-26)11-1-2-12-13(9-11)19(33)28(18(12)32)14-3-4-15(29)25-17(14)31/h1-2,9,14H,3-8,10H2,(H,25,29,31). The summed E-state index contributed by atoms with van der Waals surface area (Å²) in [6.07, 6.45) is -5.20. The molecule has 1 atom stereocenters. The van der Waals surface area contributed by atoms with E-state index in [1.165, 1.54) is 17.0 Å². The molecule has 0 saturated carbocycles. The molecular weight excluding hydrogens is 477 g/mol. The zero-order chi connectivity index (χ0) is 25.5. The van der Waals surface area contributed by atoms with E-state index in [1.54, 1.807) is 6.07 Å². The highest BCUT2D eigenvalue weighted by Crippen LogP contribution is 2.31. The number of nitrogens with one attached hydrogen (secondary N) is 1. The van der Waals surface area contributed by atoms with Gasteiger partial charge in [-0.3, -0.25) is 39.1 Å². The molecule has 35 heavy (non-hydrogen) atoms. The number of piperazine rings is 1. The van der Waals surface area contributed by atoms with E-state index in [2.05, 4.69) is 10.1 Å². The molecule has 11 nitrogen and oxygen atoms in total. The predicted octanol–water partition coefficient (Wildman–Crippen LogP) is -0.158. The van der Waals surface area contributed by atoms with Crippen LogP contribution in [0.1, 0.15) is 33.6 Å². The smallest absolute Gasteiger partial charge is 0.385 e. The normalized spacial score (nSPS) is 21.2. The fourth-order valence-electron chi connectivity index (χ4n) is 4.20. The molecule has 1 N–H and O–H groups in total. The fourth-order valence-corrected chi connectivity index (χ4v) is 4.20. The number of amides is 4. The highest BCUT2D eigenvalue weighted by molar-refractivity contribution is 6.23. The van der Waals surface area contributed by atoms with E-state index in [0.29, 0.717) is 18.8 Å². The second-order valence-electron chi connectivity index (χ2n) is 8.20. The summed E-state index contributed by atoms with van der Waals surface area (Å²) in [5.74, 6) is -6.31. The minimum absolute atomic E-state index is 0.0112. The molecule has 14 heteroatoms. The van der Waals surface area contributed by atoms with Gasteiger partial charge in [-0.1, -0.05) is 0 Å². The van der Waals surface area contributed by atoms with Gasteiger partial charge < -0.3 is 9.64 Å². The molecule has 3 aliphatic heterocycles. The van der Waals surface area contributed by atoms with Gasteiger partial charge in [-0.2, -0.15) is 13.2 Å². The molecule has 2 saturated heterocycles. The van der Waals surface area contributed by atoms with Gasteiger partial charge in [0.1, 0.15) is 6.04 Å². The van der Waals surface area contributed by atoms with Crippen LogP contribution in [0, 0.1) is 0 Å². The maximum atomic E-state index is 13.0. The number of hydrogen-bond donors (Lipinski definition) is 1.